The van der Waals surface area contributed by atoms with Gasteiger partial charge in [0, 0.05) is 12.0 Å². The van der Waals surface area contributed by atoms with Crippen LogP contribution in [0.25, 0.3) is 0 Å². The first-order valence-corrected chi connectivity index (χ1v) is 10.3. The quantitative estimate of drug-likeness (QED) is 0.398. The zero-order valence-corrected chi connectivity index (χ0v) is 17.6. The third-order valence-electron chi connectivity index (χ3n) is 5.08. The van der Waals surface area contributed by atoms with E-state index in [4.69, 9.17) is 5.73 Å². The zero-order valence-electron chi connectivity index (χ0n) is 17.6. The van der Waals surface area contributed by atoms with E-state index in [1.807, 2.05) is 0 Å². The summed E-state index contributed by atoms with van der Waals surface area (Å²) in [6, 6.07) is 20.1. The van der Waals surface area contributed by atoms with Crippen LogP contribution in [0.2, 0.25) is 0 Å². The van der Waals surface area contributed by atoms with Crippen molar-refractivity contribution in [2.75, 3.05) is 0 Å². The van der Waals surface area contributed by atoms with Crippen molar-refractivity contribution in [3.63, 3.8) is 0 Å². The summed E-state index contributed by atoms with van der Waals surface area (Å²) < 4.78 is 13.1. The lowest BCUT2D eigenvalue weighted by atomic mass is 9.99. The van der Waals surface area contributed by atoms with Gasteiger partial charge in [0.2, 0.25) is 5.91 Å². The van der Waals surface area contributed by atoms with E-state index >= 15 is 0 Å². The van der Waals surface area contributed by atoms with Crippen LogP contribution >= 0.6 is 0 Å². The summed E-state index contributed by atoms with van der Waals surface area (Å²) in [6.07, 6.45) is -1.70. The maximum absolute atomic E-state index is 13.1. The molecule has 3 aromatic rings. The summed E-state index contributed by atoms with van der Waals surface area (Å²) in [6.45, 7) is 0. The Labute approximate surface area is 190 Å². The van der Waals surface area contributed by atoms with Crippen molar-refractivity contribution >= 4 is 17.7 Å². The van der Waals surface area contributed by atoms with E-state index in [0.717, 1.165) is 0 Å². The minimum absolute atomic E-state index is 0.0143. The second-order valence-corrected chi connectivity index (χ2v) is 7.47. The van der Waals surface area contributed by atoms with Gasteiger partial charge in [-0.15, -0.1) is 0 Å². The fourth-order valence-electron chi connectivity index (χ4n) is 3.31. The number of hydrogen-bond donors (Lipinski definition) is 4. The van der Waals surface area contributed by atoms with Crippen LogP contribution in [0.1, 0.15) is 27.5 Å². The Morgan fingerprint density at radius 1 is 0.848 bits per heavy atom. The van der Waals surface area contributed by atoms with Gasteiger partial charge in [0.25, 0.3) is 11.8 Å². The van der Waals surface area contributed by atoms with Crippen molar-refractivity contribution < 1.29 is 23.9 Å². The number of halogens is 1. The predicted molar refractivity (Wildman–Crippen MR) is 120 cm³/mol. The molecule has 0 saturated carbocycles. The monoisotopic (exact) mass is 449 g/mol. The van der Waals surface area contributed by atoms with Crippen LogP contribution in [-0.2, 0) is 16.0 Å². The lowest BCUT2D eigenvalue weighted by Gasteiger charge is -2.26. The minimum atomic E-state index is -1.71. The number of amides is 3. The highest BCUT2D eigenvalue weighted by Gasteiger charge is 2.31. The van der Waals surface area contributed by atoms with Gasteiger partial charge < -0.3 is 21.5 Å². The van der Waals surface area contributed by atoms with E-state index in [1.54, 1.807) is 60.7 Å². The summed E-state index contributed by atoms with van der Waals surface area (Å²) >= 11 is 0. The smallest absolute Gasteiger partial charge is 0.252 e. The molecular weight excluding hydrogens is 425 g/mol. The Kier molecular flexibility index (Phi) is 7.88. The average Bonchev–Trinajstić information content (AvgIpc) is 2.83. The van der Waals surface area contributed by atoms with Gasteiger partial charge in [0.15, 0.2) is 6.10 Å². The van der Waals surface area contributed by atoms with Crippen molar-refractivity contribution in [2.24, 2.45) is 5.73 Å². The zero-order chi connectivity index (χ0) is 23.8. The molecule has 5 N–H and O–H groups in total. The summed E-state index contributed by atoms with van der Waals surface area (Å²) in [5.74, 6) is -2.62. The maximum Gasteiger partial charge on any atom is 0.252 e. The highest BCUT2D eigenvalue weighted by Crippen LogP contribution is 2.19. The molecule has 33 heavy (non-hydrogen) atoms. The molecule has 3 rings (SSSR count). The van der Waals surface area contributed by atoms with Crippen LogP contribution in [-0.4, -0.2) is 35.0 Å². The Morgan fingerprint density at radius 2 is 1.42 bits per heavy atom. The number of hydrogen-bond acceptors (Lipinski definition) is 4. The van der Waals surface area contributed by atoms with Gasteiger partial charge in [0.05, 0.1) is 6.04 Å². The first kappa shape index (κ1) is 23.6. The molecule has 3 aromatic carbocycles. The van der Waals surface area contributed by atoms with E-state index in [-0.39, 0.29) is 6.42 Å². The lowest BCUT2D eigenvalue weighted by molar-refractivity contribution is -0.134. The van der Waals surface area contributed by atoms with Crippen LogP contribution < -0.4 is 16.4 Å². The molecule has 7 nitrogen and oxygen atoms in total. The van der Waals surface area contributed by atoms with Crippen LogP contribution in [0, 0.1) is 5.82 Å². The van der Waals surface area contributed by atoms with Crippen LogP contribution in [0.15, 0.2) is 84.9 Å². The van der Waals surface area contributed by atoms with Gasteiger partial charge in [-0.1, -0.05) is 60.7 Å². The summed E-state index contributed by atoms with van der Waals surface area (Å²) in [5.41, 5.74) is 6.86. The molecule has 3 amide bonds. The molecule has 0 aliphatic heterocycles. The van der Waals surface area contributed by atoms with Crippen molar-refractivity contribution in [1.29, 1.82) is 0 Å². The summed E-state index contributed by atoms with van der Waals surface area (Å²) in [7, 11) is 0. The molecule has 0 fully saturated rings. The highest BCUT2D eigenvalue weighted by atomic mass is 19.1. The third kappa shape index (κ3) is 6.47. The normalized spacial score (nSPS) is 13.4. The topological polar surface area (TPSA) is 122 Å². The van der Waals surface area contributed by atoms with E-state index in [2.05, 4.69) is 10.6 Å². The van der Waals surface area contributed by atoms with Crippen molar-refractivity contribution in [2.45, 2.75) is 24.6 Å². The first-order chi connectivity index (χ1) is 15.8. The Hall–Kier alpha value is -4.04. The van der Waals surface area contributed by atoms with E-state index in [1.165, 1.54) is 24.3 Å². The number of carbonyl (C=O) groups is 3. The van der Waals surface area contributed by atoms with Crippen LogP contribution in [0.4, 0.5) is 4.39 Å². The summed E-state index contributed by atoms with van der Waals surface area (Å²) in [4.78, 5) is 37.5. The molecule has 8 heteroatoms. The Balaban J connectivity index is 1.78. The second-order valence-electron chi connectivity index (χ2n) is 7.47. The van der Waals surface area contributed by atoms with Gasteiger partial charge >= 0.3 is 0 Å². The molecule has 0 saturated heterocycles. The average molecular weight is 449 g/mol. The second kappa shape index (κ2) is 11.0. The Morgan fingerprint density at radius 3 is 2.00 bits per heavy atom. The molecular formula is C25H24FN3O4. The number of nitrogens with one attached hydrogen (secondary N) is 2. The molecule has 0 aliphatic carbocycles. The molecule has 170 valence electrons. The molecule has 0 unspecified atom stereocenters. The summed E-state index contributed by atoms with van der Waals surface area (Å²) in [5, 5.41) is 15.9. The Bertz CT molecular complexity index is 1090. The third-order valence-corrected chi connectivity index (χ3v) is 5.08. The molecule has 0 radical (unpaired) electrons. The molecule has 0 heterocycles. The first-order valence-electron chi connectivity index (χ1n) is 10.3. The van der Waals surface area contributed by atoms with Gasteiger partial charge in [-0.05, 0) is 35.4 Å². The highest BCUT2D eigenvalue weighted by molar-refractivity contribution is 5.95. The predicted octanol–water partition coefficient (Wildman–Crippen LogP) is 1.87. The minimum Gasteiger partial charge on any atom is -0.381 e. The van der Waals surface area contributed by atoms with E-state index in [0.29, 0.717) is 16.7 Å². The van der Waals surface area contributed by atoms with Crippen molar-refractivity contribution in [3.05, 3.63) is 107 Å². The van der Waals surface area contributed by atoms with E-state index in [9.17, 15) is 23.9 Å². The molecule has 0 spiro atoms. The fourth-order valence-corrected chi connectivity index (χ4v) is 3.31. The number of aliphatic hydroxyl groups excluding tert-OH is 1. The van der Waals surface area contributed by atoms with Crippen molar-refractivity contribution in [3.8, 4) is 0 Å². The number of nitrogens with two attached hydrogens (primary N) is 1. The van der Waals surface area contributed by atoms with Gasteiger partial charge in [-0.3, -0.25) is 14.4 Å². The molecule has 3 atom stereocenters. The number of aliphatic hydroxyl groups is 1. The SMILES string of the molecule is NC(=O)[C@H](Cc1ccc(F)cc1)NC(=O)[C@H](O)[C@@H](NC(=O)c1ccccc1)c1ccccc1. The number of primary amides is 1. The largest absolute Gasteiger partial charge is 0.381 e. The molecule has 0 bridgehead atoms. The fraction of sp³-hybridized carbons (Fsp3) is 0.160. The standard InChI is InChI=1S/C25H24FN3O4/c26-19-13-11-16(12-14-19)15-20(23(27)31)28-25(33)22(30)21(17-7-3-1-4-8-17)29-24(32)18-9-5-2-6-10-18/h1-14,20-22,30H,15H2,(H2,27,31)(H,28,33)(H,29,32)/t20-,21-,22+/m0/s1. The van der Waals surface area contributed by atoms with Crippen LogP contribution in [0.5, 0.6) is 0 Å². The number of benzene rings is 3. The van der Waals surface area contributed by atoms with E-state index < -0.39 is 41.7 Å². The number of carbonyl (C=O) groups excluding carboxylic acids is 3. The van der Waals surface area contributed by atoms with Gasteiger partial charge in [0.1, 0.15) is 11.9 Å². The van der Waals surface area contributed by atoms with Crippen molar-refractivity contribution in [1.82, 2.24) is 10.6 Å². The maximum atomic E-state index is 13.1. The van der Waals surface area contributed by atoms with Crippen LogP contribution in [0.3, 0.4) is 0 Å². The van der Waals surface area contributed by atoms with Gasteiger partial charge in [-0.2, -0.15) is 0 Å². The van der Waals surface area contributed by atoms with Gasteiger partial charge in [-0.25, -0.2) is 4.39 Å². The number of rotatable bonds is 9. The molecule has 0 aromatic heterocycles. The lowest BCUT2D eigenvalue weighted by Crippen LogP contribution is -2.52. The molecule has 0 aliphatic rings.